The van der Waals surface area contributed by atoms with Gasteiger partial charge in [-0.1, -0.05) is 6.92 Å². The van der Waals surface area contributed by atoms with Crippen molar-refractivity contribution >= 4 is 11.6 Å². The number of aromatic nitrogens is 2. The Balaban J connectivity index is 1.80. The number of rotatable bonds is 4. The Labute approximate surface area is 121 Å². The van der Waals surface area contributed by atoms with Gasteiger partial charge >= 0.3 is 0 Å². The molecule has 0 aromatic carbocycles. The summed E-state index contributed by atoms with van der Waals surface area (Å²) >= 11 is 0. The van der Waals surface area contributed by atoms with Crippen LogP contribution in [0.3, 0.4) is 0 Å². The number of nitrogens with one attached hydrogen (secondary N) is 1. The lowest BCUT2D eigenvalue weighted by molar-refractivity contribution is 0.199. The van der Waals surface area contributed by atoms with E-state index >= 15 is 0 Å². The molecule has 0 bridgehead atoms. The maximum absolute atomic E-state index is 4.81. The van der Waals surface area contributed by atoms with Gasteiger partial charge in [0.15, 0.2) is 0 Å². The summed E-state index contributed by atoms with van der Waals surface area (Å²) in [4.78, 5) is 14.3. The SMILES string of the molecule is CCN1CCN(c2cc(NC)nc(C3CC3)n2)CC1C. The first kappa shape index (κ1) is 13.6. The molecule has 110 valence electrons. The summed E-state index contributed by atoms with van der Waals surface area (Å²) in [5.74, 6) is 3.66. The van der Waals surface area contributed by atoms with Gasteiger partial charge in [0, 0.05) is 44.7 Å². The lowest BCUT2D eigenvalue weighted by Gasteiger charge is -2.40. The van der Waals surface area contributed by atoms with Crippen LogP contribution in [0.25, 0.3) is 0 Å². The molecule has 1 atom stereocenters. The van der Waals surface area contributed by atoms with Crippen molar-refractivity contribution in [2.45, 2.75) is 38.6 Å². The smallest absolute Gasteiger partial charge is 0.136 e. The van der Waals surface area contributed by atoms with Crippen LogP contribution in [-0.2, 0) is 0 Å². The molecule has 2 aliphatic rings. The second kappa shape index (κ2) is 5.56. The molecular formula is C15H25N5. The molecule has 1 saturated heterocycles. The molecule has 2 heterocycles. The second-order valence-electron chi connectivity index (χ2n) is 5.92. The third-order valence-electron chi connectivity index (χ3n) is 4.42. The molecule has 1 saturated carbocycles. The minimum atomic E-state index is 0.589. The Morgan fingerprint density at radius 2 is 2.10 bits per heavy atom. The quantitative estimate of drug-likeness (QED) is 0.909. The summed E-state index contributed by atoms with van der Waals surface area (Å²) in [6.07, 6.45) is 2.49. The van der Waals surface area contributed by atoms with Gasteiger partial charge in [-0.2, -0.15) is 0 Å². The maximum atomic E-state index is 4.81. The van der Waals surface area contributed by atoms with Crippen LogP contribution in [0.1, 0.15) is 38.4 Å². The fourth-order valence-electron chi connectivity index (χ4n) is 2.94. The predicted octanol–water partition coefficient (Wildman–Crippen LogP) is 1.93. The Bertz CT molecular complexity index is 471. The van der Waals surface area contributed by atoms with E-state index in [2.05, 4.69) is 40.0 Å². The zero-order valence-electron chi connectivity index (χ0n) is 12.8. The van der Waals surface area contributed by atoms with E-state index in [1.807, 2.05) is 7.05 Å². The summed E-state index contributed by atoms with van der Waals surface area (Å²) in [6, 6.07) is 2.67. The highest BCUT2D eigenvalue weighted by molar-refractivity contribution is 5.50. The number of anilines is 2. The highest BCUT2D eigenvalue weighted by atomic mass is 15.3. The molecule has 2 fully saturated rings. The van der Waals surface area contributed by atoms with Crippen LogP contribution in [0, 0.1) is 0 Å². The Morgan fingerprint density at radius 3 is 2.70 bits per heavy atom. The van der Waals surface area contributed by atoms with Gasteiger partial charge in [0.2, 0.25) is 0 Å². The molecule has 0 spiro atoms. The van der Waals surface area contributed by atoms with E-state index in [9.17, 15) is 0 Å². The molecule has 1 aliphatic carbocycles. The van der Waals surface area contributed by atoms with Crippen molar-refractivity contribution in [1.82, 2.24) is 14.9 Å². The summed E-state index contributed by atoms with van der Waals surface area (Å²) < 4.78 is 0. The minimum Gasteiger partial charge on any atom is -0.373 e. The van der Waals surface area contributed by atoms with Crippen molar-refractivity contribution in [1.29, 1.82) is 0 Å². The molecule has 3 rings (SSSR count). The number of nitrogens with zero attached hydrogens (tertiary/aromatic N) is 4. The number of piperazine rings is 1. The highest BCUT2D eigenvalue weighted by Crippen LogP contribution is 2.39. The largest absolute Gasteiger partial charge is 0.373 e. The van der Waals surface area contributed by atoms with Crippen molar-refractivity contribution in [3.63, 3.8) is 0 Å². The monoisotopic (exact) mass is 275 g/mol. The van der Waals surface area contributed by atoms with E-state index in [1.54, 1.807) is 0 Å². The van der Waals surface area contributed by atoms with Crippen LogP contribution < -0.4 is 10.2 Å². The van der Waals surface area contributed by atoms with Crippen LogP contribution in [0.5, 0.6) is 0 Å². The number of hydrogen-bond acceptors (Lipinski definition) is 5. The zero-order valence-corrected chi connectivity index (χ0v) is 12.8. The van der Waals surface area contributed by atoms with Crippen LogP contribution in [0.15, 0.2) is 6.07 Å². The van der Waals surface area contributed by atoms with Crippen LogP contribution in [0.4, 0.5) is 11.6 Å². The minimum absolute atomic E-state index is 0.589. The molecule has 1 unspecified atom stereocenters. The van der Waals surface area contributed by atoms with Crippen molar-refractivity contribution in [3.8, 4) is 0 Å². The Kier molecular flexibility index (Phi) is 3.78. The van der Waals surface area contributed by atoms with Gasteiger partial charge in [-0.15, -0.1) is 0 Å². The third kappa shape index (κ3) is 2.73. The standard InChI is InChI=1S/C15H25N5/c1-4-19-7-8-20(10-11(19)2)14-9-13(16-3)17-15(18-14)12-5-6-12/h9,11-12H,4-8,10H2,1-3H3,(H,16,17,18). The van der Waals surface area contributed by atoms with E-state index in [0.717, 1.165) is 43.6 Å². The van der Waals surface area contributed by atoms with Gasteiger partial charge < -0.3 is 10.2 Å². The van der Waals surface area contributed by atoms with Gasteiger partial charge in [0.1, 0.15) is 17.5 Å². The van der Waals surface area contributed by atoms with Gasteiger partial charge in [-0.05, 0) is 26.3 Å². The topological polar surface area (TPSA) is 44.3 Å². The maximum Gasteiger partial charge on any atom is 0.136 e. The first-order valence-electron chi connectivity index (χ1n) is 7.77. The average molecular weight is 275 g/mol. The first-order valence-corrected chi connectivity index (χ1v) is 7.77. The highest BCUT2D eigenvalue weighted by Gasteiger charge is 2.29. The second-order valence-corrected chi connectivity index (χ2v) is 5.92. The van der Waals surface area contributed by atoms with E-state index < -0.39 is 0 Å². The van der Waals surface area contributed by atoms with Crippen molar-refractivity contribution in [3.05, 3.63) is 11.9 Å². The molecular weight excluding hydrogens is 250 g/mol. The van der Waals surface area contributed by atoms with E-state index in [4.69, 9.17) is 4.98 Å². The third-order valence-corrected chi connectivity index (χ3v) is 4.42. The molecule has 0 radical (unpaired) electrons. The van der Waals surface area contributed by atoms with E-state index in [1.165, 1.54) is 12.8 Å². The molecule has 5 heteroatoms. The normalized spacial score (nSPS) is 23.9. The van der Waals surface area contributed by atoms with Gasteiger partial charge in [0.25, 0.3) is 0 Å². The fourth-order valence-corrected chi connectivity index (χ4v) is 2.94. The first-order chi connectivity index (χ1) is 9.71. The number of hydrogen-bond donors (Lipinski definition) is 1. The number of likely N-dealkylation sites (N-methyl/N-ethyl adjacent to an activating group) is 1. The van der Waals surface area contributed by atoms with Crippen LogP contribution >= 0.6 is 0 Å². The summed E-state index contributed by atoms with van der Waals surface area (Å²) in [7, 11) is 1.93. The summed E-state index contributed by atoms with van der Waals surface area (Å²) in [6.45, 7) is 8.91. The molecule has 5 nitrogen and oxygen atoms in total. The predicted molar refractivity (Wildman–Crippen MR) is 82.5 cm³/mol. The lowest BCUT2D eigenvalue weighted by Crippen LogP contribution is -2.52. The average Bonchev–Trinajstić information content (AvgIpc) is 3.31. The molecule has 1 aromatic rings. The molecule has 1 aromatic heterocycles. The molecule has 1 N–H and O–H groups in total. The fraction of sp³-hybridized carbons (Fsp3) is 0.733. The summed E-state index contributed by atoms with van der Waals surface area (Å²) in [5, 5.41) is 3.17. The molecule has 1 aliphatic heterocycles. The van der Waals surface area contributed by atoms with E-state index in [0.29, 0.717) is 12.0 Å². The van der Waals surface area contributed by atoms with Crippen molar-refractivity contribution in [2.24, 2.45) is 0 Å². The van der Waals surface area contributed by atoms with Gasteiger partial charge in [-0.25, -0.2) is 9.97 Å². The van der Waals surface area contributed by atoms with Crippen molar-refractivity contribution in [2.75, 3.05) is 43.4 Å². The van der Waals surface area contributed by atoms with E-state index in [-0.39, 0.29) is 0 Å². The Hall–Kier alpha value is -1.36. The van der Waals surface area contributed by atoms with Crippen LogP contribution in [-0.4, -0.2) is 54.1 Å². The van der Waals surface area contributed by atoms with Crippen molar-refractivity contribution < 1.29 is 0 Å². The lowest BCUT2D eigenvalue weighted by atomic mass is 10.2. The Morgan fingerprint density at radius 1 is 1.30 bits per heavy atom. The molecule has 0 amide bonds. The van der Waals surface area contributed by atoms with Crippen LogP contribution in [0.2, 0.25) is 0 Å². The molecule has 20 heavy (non-hydrogen) atoms. The zero-order chi connectivity index (χ0) is 14.1. The summed E-state index contributed by atoms with van der Waals surface area (Å²) in [5.41, 5.74) is 0. The van der Waals surface area contributed by atoms with Gasteiger partial charge in [-0.3, -0.25) is 4.90 Å². The van der Waals surface area contributed by atoms with Gasteiger partial charge in [0.05, 0.1) is 0 Å².